The zero-order chi connectivity index (χ0) is 20.9. The first kappa shape index (κ1) is 21.4. The van der Waals surface area contributed by atoms with E-state index in [2.05, 4.69) is 5.32 Å². The van der Waals surface area contributed by atoms with E-state index in [0.717, 1.165) is 17.7 Å². The molecule has 2 aromatic carbocycles. The van der Waals surface area contributed by atoms with Crippen molar-refractivity contribution in [1.29, 1.82) is 0 Å². The van der Waals surface area contributed by atoms with Gasteiger partial charge >= 0.3 is 0 Å². The van der Waals surface area contributed by atoms with E-state index >= 15 is 0 Å². The van der Waals surface area contributed by atoms with Gasteiger partial charge in [0.1, 0.15) is 5.82 Å². The van der Waals surface area contributed by atoms with Crippen LogP contribution in [0.1, 0.15) is 18.4 Å². The molecule has 29 heavy (non-hydrogen) atoms. The fraction of sp³-hybridized carbons (Fsp3) is 0.381. The van der Waals surface area contributed by atoms with Crippen molar-refractivity contribution in [3.05, 3.63) is 66.0 Å². The Kier molecular flexibility index (Phi) is 7.00. The Morgan fingerprint density at radius 2 is 1.72 bits per heavy atom. The van der Waals surface area contributed by atoms with E-state index in [0.29, 0.717) is 26.2 Å². The van der Waals surface area contributed by atoms with Crippen LogP contribution in [0.4, 0.5) is 4.39 Å². The maximum atomic E-state index is 13.3. The van der Waals surface area contributed by atoms with Gasteiger partial charge in [-0.25, -0.2) is 12.8 Å². The summed E-state index contributed by atoms with van der Waals surface area (Å²) in [6.07, 6.45) is 0. The molecule has 0 radical (unpaired) electrons. The van der Waals surface area contributed by atoms with Crippen LogP contribution in [0, 0.1) is 5.82 Å². The highest BCUT2D eigenvalue weighted by molar-refractivity contribution is 7.89. The molecule has 1 N–H and O–H groups in total. The predicted octanol–water partition coefficient (Wildman–Crippen LogP) is 2.05. The maximum Gasteiger partial charge on any atom is 0.243 e. The third-order valence-electron chi connectivity index (χ3n) is 5.08. The van der Waals surface area contributed by atoms with Gasteiger partial charge in [0.15, 0.2) is 0 Å². The van der Waals surface area contributed by atoms with E-state index in [9.17, 15) is 17.6 Å². The lowest BCUT2D eigenvalue weighted by molar-refractivity contribution is -0.132. The molecule has 1 aliphatic rings. The summed E-state index contributed by atoms with van der Waals surface area (Å²) in [5, 5.41) is 3.18. The first-order valence-electron chi connectivity index (χ1n) is 9.67. The van der Waals surface area contributed by atoms with Crippen molar-refractivity contribution in [2.75, 3.05) is 39.3 Å². The highest BCUT2D eigenvalue weighted by Gasteiger charge is 2.30. The van der Waals surface area contributed by atoms with Crippen LogP contribution in [0.5, 0.6) is 0 Å². The van der Waals surface area contributed by atoms with Crippen molar-refractivity contribution in [2.24, 2.45) is 0 Å². The molecule has 0 aromatic heterocycles. The summed E-state index contributed by atoms with van der Waals surface area (Å²) in [4.78, 5) is 14.4. The van der Waals surface area contributed by atoms with E-state index < -0.39 is 15.8 Å². The molecule has 8 heteroatoms. The highest BCUT2D eigenvalue weighted by Crippen LogP contribution is 2.22. The summed E-state index contributed by atoms with van der Waals surface area (Å²) in [7, 11) is -3.95. The predicted molar refractivity (Wildman–Crippen MR) is 109 cm³/mol. The standard InChI is InChI=1S/C21H26FN3O3S/c1-17(18-5-3-2-4-6-18)15-25(16-21(26)24-13-11-23-12-14-24)29(27,28)20-9-7-19(22)8-10-20/h2-10,17,23H,11-16H2,1H3/t17-/m0/s1. The molecule has 3 rings (SSSR count). The number of piperazine rings is 1. The lowest BCUT2D eigenvalue weighted by Gasteiger charge is -2.31. The number of carbonyl (C=O) groups excluding carboxylic acids is 1. The number of carbonyl (C=O) groups is 1. The number of nitrogens with zero attached hydrogens (tertiary/aromatic N) is 2. The van der Waals surface area contributed by atoms with Crippen LogP contribution in [0.25, 0.3) is 0 Å². The molecule has 1 aliphatic heterocycles. The number of nitrogens with one attached hydrogen (secondary N) is 1. The van der Waals surface area contributed by atoms with Crippen LogP contribution in [-0.4, -0.2) is 62.8 Å². The van der Waals surface area contributed by atoms with Gasteiger partial charge in [-0.1, -0.05) is 37.3 Å². The number of hydrogen-bond acceptors (Lipinski definition) is 4. The number of halogens is 1. The first-order chi connectivity index (χ1) is 13.9. The van der Waals surface area contributed by atoms with Gasteiger partial charge in [-0.15, -0.1) is 0 Å². The van der Waals surface area contributed by atoms with Gasteiger partial charge in [0, 0.05) is 32.7 Å². The first-order valence-corrected chi connectivity index (χ1v) is 11.1. The van der Waals surface area contributed by atoms with E-state index in [1.807, 2.05) is 37.3 Å². The SMILES string of the molecule is C[C@@H](CN(CC(=O)N1CCNCC1)S(=O)(=O)c1ccc(F)cc1)c1ccccc1. The molecular formula is C21H26FN3O3S. The van der Waals surface area contributed by atoms with Crippen LogP contribution in [0.3, 0.4) is 0 Å². The number of hydrogen-bond donors (Lipinski definition) is 1. The zero-order valence-corrected chi connectivity index (χ0v) is 17.2. The molecule has 0 bridgehead atoms. The molecule has 1 atom stereocenters. The second-order valence-electron chi connectivity index (χ2n) is 7.19. The second-order valence-corrected chi connectivity index (χ2v) is 9.13. The molecule has 0 unspecified atom stereocenters. The van der Waals surface area contributed by atoms with Crippen molar-refractivity contribution < 1.29 is 17.6 Å². The van der Waals surface area contributed by atoms with Gasteiger partial charge in [0.05, 0.1) is 11.4 Å². The van der Waals surface area contributed by atoms with Crippen LogP contribution in [0.2, 0.25) is 0 Å². The molecule has 0 saturated carbocycles. The smallest absolute Gasteiger partial charge is 0.243 e. The van der Waals surface area contributed by atoms with Crippen LogP contribution < -0.4 is 5.32 Å². The Morgan fingerprint density at radius 3 is 2.34 bits per heavy atom. The number of amides is 1. The van der Waals surface area contributed by atoms with E-state index in [1.54, 1.807) is 4.90 Å². The number of benzene rings is 2. The van der Waals surface area contributed by atoms with E-state index in [4.69, 9.17) is 0 Å². The van der Waals surface area contributed by atoms with Gasteiger partial charge in [0.25, 0.3) is 0 Å². The Balaban J connectivity index is 1.85. The summed E-state index contributed by atoms with van der Waals surface area (Å²) >= 11 is 0. The van der Waals surface area contributed by atoms with Crippen molar-refractivity contribution in [3.8, 4) is 0 Å². The third kappa shape index (κ3) is 5.41. The Labute approximate surface area is 171 Å². The zero-order valence-electron chi connectivity index (χ0n) is 16.4. The normalized spacial score (nSPS) is 16.0. The average Bonchev–Trinajstić information content (AvgIpc) is 2.74. The maximum absolute atomic E-state index is 13.3. The molecule has 1 saturated heterocycles. The molecule has 1 amide bonds. The van der Waals surface area contributed by atoms with Gasteiger partial charge < -0.3 is 10.2 Å². The van der Waals surface area contributed by atoms with Crippen molar-refractivity contribution >= 4 is 15.9 Å². The number of rotatable bonds is 7. The van der Waals surface area contributed by atoms with Crippen molar-refractivity contribution in [2.45, 2.75) is 17.7 Å². The van der Waals surface area contributed by atoms with Gasteiger partial charge in [-0.2, -0.15) is 4.31 Å². The molecule has 1 heterocycles. The molecule has 2 aromatic rings. The molecular weight excluding hydrogens is 393 g/mol. The number of sulfonamides is 1. The summed E-state index contributed by atoms with van der Waals surface area (Å²) in [5.74, 6) is -0.843. The molecule has 0 aliphatic carbocycles. The largest absolute Gasteiger partial charge is 0.339 e. The Morgan fingerprint density at radius 1 is 1.10 bits per heavy atom. The second kappa shape index (κ2) is 9.47. The highest BCUT2D eigenvalue weighted by atomic mass is 32.2. The van der Waals surface area contributed by atoms with Crippen molar-refractivity contribution in [3.63, 3.8) is 0 Å². The minimum Gasteiger partial charge on any atom is -0.339 e. The quantitative estimate of drug-likeness (QED) is 0.746. The summed E-state index contributed by atoms with van der Waals surface area (Å²) in [6, 6.07) is 14.3. The van der Waals surface area contributed by atoms with E-state index in [-0.39, 0.29) is 29.8 Å². The topological polar surface area (TPSA) is 69.7 Å². The summed E-state index contributed by atoms with van der Waals surface area (Å²) < 4.78 is 41.0. The van der Waals surface area contributed by atoms with E-state index in [1.165, 1.54) is 16.4 Å². The fourth-order valence-electron chi connectivity index (χ4n) is 3.36. The monoisotopic (exact) mass is 419 g/mol. The summed E-state index contributed by atoms with van der Waals surface area (Å²) in [6.45, 7) is 4.33. The van der Waals surface area contributed by atoms with Gasteiger partial charge in [-0.05, 0) is 35.7 Å². The summed E-state index contributed by atoms with van der Waals surface area (Å²) in [5.41, 5.74) is 0.987. The minimum absolute atomic E-state index is 0.0210. The lowest BCUT2D eigenvalue weighted by Crippen LogP contribution is -2.50. The molecule has 1 fully saturated rings. The molecule has 0 spiro atoms. The van der Waals surface area contributed by atoms with Gasteiger partial charge in [-0.3, -0.25) is 4.79 Å². The fourth-order valence-corrected chi connectivity index (χ4v) is 4.84. The Hall–Kier alpha value is -2.29. The minimum atomic E-state index is -3.95. The lowest BCUT2D eigenvalue weighted by atomic mass is 10.0. The molecule has 156 valence electrons. The average molecular weight is 420 g/mol. The molecule has 6 nitrogen and oxygen atoms in total. The third-order valence-corrected chi connectivity index (χ3v) is 6.90. The van der Waals surface area contributed by atoms with Crippen molar-refractivity contribution in [1.82, 2.24) is 14.5 Å². The Bertz CT molecular complexity index is 914. The van der Waals surface area contributed by atoms with Crippen LogP contribution in [0.15, 0.2) is 59.5 Å². The van der Waals surface area contributed by atoms with Crippen LogP contribution in [-0.2, 0) is 14.8 Å². The van der Waals surface area contributed by atoms with Gasteiger partial charge in [0.2, 0.25) is 15.9 Å². The van der Waals surface area contributed by atoms with Crippen LogP contribution >= 0.6 is 0 Å².